The van der Waals surface area contributed by atoms with Crippen molar-refractivity contribution in [3.05, 3.63) is 176 Å². The minimum absolute atomic E-state index is 0.396. The first-order valence-corrected chi connectivity index (χ1v) is 20.8. The molecule has 0 unspecified atom stereocenters. The second kappa shape index (κ2) is 12.2. The van der Waals surface area contributed by atoms with Gasteiger partial charge in [-0.2, -0.15) is 15.0 Å². The Morgan fingerprint density at radius 3 is 1.30 bits per heavy atom. The maximum atomic E-state index is 5.31. The highest BCUT2D eigenvalue weighted by atomic mass is 28.3. The first kappa shape index (κ1) is 31.6. The van der Waals surface area contributed by atoms with Crippen LogP contribution >= 0.6 is 0 Å². The summed E-state index contributed by atoms with van der Waals surface area (Å²) in [5.41, 5.74) is 6.19. The van der Waals surface area contributed by atoms with Crippen LogP contribution in [0.1, 0.15) is 0 Å². The van der Waals surface area contributed by atoms with Gasteiger partial charge in [-0.05, 0) is 80.4 Å². The summed E-state index contributed by atoms with van der Waals surface area (Å²) in [6.45, 7) is 0. The van der Waals surface area contributed by atoms with Gasteiger partial charge in [0.2, 0.25) is 11.9 Å². The Bertz CT molecular complexity index is 3100. The summed E-state index contributed by atoms with van der Waals surface area (Å²) in [7, 11) is -2.79. The van der Waals surface area contributed by atoms with Gasteiger partial charge in [0, 0.05) is 51.9 Å². The van der Waals surface area contributed by atoms with Gasteiger partial charge in [-0.15, -0.1) is 0 Å². The molecule has 0 bridgehead atoms. The average molecular weight is 748 g/mol. The van der Waals surface area contributed by atoms with E-state index in [0.717, 1.165) is 27.1 Å². The third kappa shape index (κ3) is 4.47. The van der Waals surface area contributed by atoms with Gasteiger partial charge in [0.25, 0.3) is 0 Å². The molecular formula is C47H29N9Si. The zero-order valence-corrected chi connectivity index (χ0v) is 31.3. The van der Waals surface area contributed by atoms with Gasteiger partial charge in [-0.1, -0.05) is 103 Å². The lowest BCUT2D eigenvalue weighted by molar-refractivity contribution is 0.875. The Morgan fingerprint density at radius 2 is 0.807 bits per heavy atom. The zero-order valence-electron chi connectivity index (χ0n) is 30.3. The van der Waals surface area contributed by atoms with Crippen LogP contribution in [0, 0.1) is 0 Å². The molecule has 1 aliphatic heterocycles. The lowest BCUT2D eigenvalue weighted by Crippen LogP contribution is -2.72. The monoisotopic (exact) mass is 747 g/mol. The fourth-order valence-corrected chi connectivity index (χ4v) is 14.2. The Hall–Kier alpha value is -7.69. The lowest BCUT2D eigenvalue weighted by atomic mass is 10.0. The number of aromatic nitrogens is 9. The predicted molar refractivity (Wildman–Crippen MR) is 228 cm³/mol. The average Bonchev–Trinajstić information content (AvgIpc) is 3.91. The Kier molecular flexibility index (Phi) is 6.75. The van der Waals surface area contributed by atoms with E-state index in [0.29, 0.717) is 40.3 Å². The van der Waals surface area contributed by atoms with Crippen molar-refractivity contribution >= 4 is 73.0 Å². The maximum absolute atomic E-state index is 5.31. The smallest absolute Gasteiger partial charge is 0.242 e. The summed E-state index contributed by atoms with van der Waals surface area (Å²) in [6.07, 6.45) is 7.16. The number of rotatable bonds is 5. The highest BCUT2D eigenvalue weighted by Crippen LogP contribution is 2.34. The molecule has 0 radical (unpaired) electrons. The summed E-state index contributed by atoms with van der Waals surface area (Å²) < 4.78 is 3.87. The minimum atomic E-state index is -2.79. The number of benzene rings is 4. The summed E-state index contributed by atoms with van der Waals surface area (Å²) in [6, 6.07) is 53.6. The Labute approximate surface area is 326 Å². The van der Waals surface area contributed by atoms with Gasteiger partial charge in [-0.3, -0.25) is 0 Å². The van der Waals surface area contributed by atoms with Crippen molar-refractivity contribution in [1.82, 2.24) is 44.0 Å². The van der Waals surface area contributed by atoms with Crippen LogP contribution in [0.15, 0.2) is 176 Å². The minimum Gasteiger partial charge on any atom is -0.245 e. The summed E-state index contributed by atoms with van der Waals surface area (Å²) in [5, 5.41) is 9.14. The number of pyridine rings is 4. The number of fused-ring (bicyclic) bond motifs is 9. The van der Waals surface area contributed by atoms with Gasteiger partial charge in [-0.25, -0.2) is 29.1 Å². The van der Waals surface area contributed by atoms with Crippen molar-refractivity contribution in [3.63, 3.8) is 0 Å². The second-order valence-electron chi connectivity index (χ2n) is 14.2. The van der Waals surface area contributed by atoms with E-state index >= 15 is 0 Å². The fraction of sp³-hybridized carbons (Fsp3) is 0. The first-order valence-electron chi connectivity index (χ1n) is 18.8. The van der Waals surface area contributed by atoms with Gasteiger partial charge in [0.15, 0.2) is 13.9 Å². The van der Waals surface area contributed by atoms with Gasteiger partial charge < -0.3 is 0 Å². The number of hydrogen-bond donors (Lipinski definition) is 0. The zero-order chi connectivity index (χ0) is 37.5. The molecule has 0 spiro atoms. The molecule has 266 valence electrons. The number of hydrogen-bond acceptors (Lipinski definition) is 7. The third-order valence-electron chi connectivity index (χ3n) is 11.3. The molecule has 0 amide bonds. The molecule has 57 heavy (non-hydrogen) atoms. The molecule has 11 aromatic rings. The SMILES string of the molecule is c1ccc([Si]2(c3ccccc3)c3ccccc3-c3ccc(-c4nc(-n5c6ncccc6c6cccnc65)nc(-n5c6ncccc6c6cccnc65)n4)cc32)cc1. The highest BCUT2D eigenvalue weighted by molar-refractivity contribution is 7.22. The number of nitrogens with zero attached hydrogens (tertiary/aromatic N) is 9. The van der Waals surface area contributed by atoms with E-state index in [1.54, 1.807) is 24.8 Å². The van der Waals surface area contributed by atoms with Crippen LogP contribution in [0.3, 0.4) is 0 Å². The van der Waals surface area contributed by atoms with Crippen LogP contribution in [0.25, 0.3) is 78.5 Å². The molecule has 0 saturated carbocycles. The van der Waals surface area contributed by atoms with Crippen molar-refractivity contribution in [2.24, 2.45) is 0 Å². The molecule has 0 fully saturated rings. The molecule has 4 aromatic carbocycles. The van der Waals surface area contributed by atoms with Crippen LogP contribution < -0.4 is 20.7 Å². The second-order valence-corrected chi connectivity index (χ2v) is 17.9. The van der Waals surface area contributed by atoms with Crippen LogP contribution in [0.5, 0.6) is 0 Å². The molecule has 0 aliphatic carbocycles. The lowest BCUT2D eigenvalue weighted by Gasteiger charge is -2.31. The van der Waals surface area contributed by atoms with E-state index in [9.17, 15) is 0 Å². The van der Waals surface area contributed by atoms with Gasteiger partial charge >= 0.3 is 0 Å². The summed E-state index contributed by atoms with van der Waals surface area (Å²) in [4.78, 5) is 35.2. The summed E-state index contributed by atoms with van der Waals surface area (Å²) >= 11 is 0. The normalized spacial score (nSPS) is 13.1. The maximum Gasteiger partial charge on any atom is 0.242 e. The standard InChI is InChI=1S/C47H29N9Si/c1-3-13-31(14-4-1)57(32-15-5-2-6-16-32)39-22-8-7-17-33(39)34-24-23-30(29-40(34)57)41-52-46(55-42-35(18-9-25-48-42)36-19-10-26-49-43(36)55)54-47(53-41)56-44-37(20-11-27-50-44)38-21-12-28-51-45(38)56/h1-29H. The van der Waals surface area contributed by atoms with E-state index in [1.165, 1.54) is 31.9 Å². The fourth-order valence-electron chi connectivity index (χ4n) is 8.99. The molecule has 1 aliphatic rings. The molecule has 0 saturated heterocycles. The van der Waals surface area contributed by atoms with Crippen molar-refractivity contribution in [3.8, 4) is 34.4 Å². The molecule has 9 nitrogen and oxygen atoms in total. The van der Waals surface area contributed by atoms with Gasteiger partial charge in [0.1, 0.15) is 22.6 Å². The van der Waals surface area contributed by atoms with Crippen molar-refractivity contribution in [1.29, 1.82) is 0 Å². The van der Waals surface area contributed by atoms with E-state index in [-0.39, 0.29) is 0 Å². The van der Waals surface area contributed by atoms with Crippen LogP contribution in [-0.2, 0) is 0 Å². The van der Waals surface area contributed by atoms with Gasteiger partial charge in [0.05, 0.1) is 0 Å². The topological polar surface area (TPSA) is 100 Å². The van der Waals surface area contributed by atoms with Crippen molar-refractivity contribution in [2.45, 2.75) is 0 Å². The Morgan fingerprint density at radius 1 is 0.368 bits per heavy atom. The Balaban J connectivity index is 1.18. The molecule has 7 aromatic heterocycles. The first-order chi connectivity index (χ1) is 28.3. The van der Waals surface area contributed by atoms with E-state index in [4.69, 9.17) is 34.9 Å². The summed E-state index contributed by atoms with van der Waals surface area (Å²) in [5.74, 6) is 1.31. The van der Waals surface area contributed by atoms with E-state index in [1.807, 2.05) is 33.4 Å². The molecule has 12 rings (SSSR count). The molecular weight excluding hydrogens is 719 g/mol. The molecule has 10 heteroatoms. The largest absolute Gasteiger partial charge is 0.245 e. The van der Waals surface area contributed by atoms with Crippen molar-refractivity contribution in [2.75, 3.05) is 0 Å². The quantitative estimate of drug-likeness (QED) is 0.182. The van der Waals surface area contributed by atoms with Crippen LogP contribution in [-0.4, -0.2) is 52.1 Å². The molecule has 8 heterocycles. The molecule has 0 N–H and O–H groups in total. The highest BCUT2D eigenvalue weighted by Gasteiger charge is 2.48. The van der Waals surface area contributed by atoms with E-state index < -0.39 is 8.07 Å². The van der Waals surface area contributed by atoms with E-state index in [2.05, 4.69) is 127 Å². The van der Waals surface area contributed by atoms with Crippen LogP contribution in [0.2, 0.25) is 0 Å². The van der Waals surface area contributed by atoms with Crippen LogP contribution in [0.4, 0.5) is 0 Å². The van der Waals surface area contributed by atoms with Crippen molar-refractivity contribution < 1.29 is 0 Å². The third-order valence-corrected chi connectivity index (χ3v) is 16.2. The molecule has 0 atom stereocenters. The predicted octanol–water partition coefficient (Wildman–Crippen LogP) is 6.67.